The monoisotopic (exact) mass is 286 g/mol. The molecule has 0 aromatic carbocycles. The van der Waals surface area contributed by atoms with Crippen LogP contribution in [0, 0.1) is 5.92 Å². The van der Waals surface area contributed by atoms with Gasteiger partial charge >= 0.3 is 12.0 Å². The van der Waals surface area contributed by atoms with Gasteiger partial charge in [0.25, 0.3) is 5.91 Å². The number of carbonyl (C=O) groups excluding carboxylic acids is 2. The number of carboxylic acids is 1. The molecule has 0 bridgehead atoms. The summed E-state index contributed by atoms with van der Waals surface area (Å²) in [4.78, 5) is 32.8. The number of hydrogen-bond donors (Lipinski definition) is 3. The first kappa shape index (κ1) is 14.0. The first-order valence-electron chi connectivity index (χ1n) is 6.16. The van der Waals surface area contributed by atoms with E-state index in [1.807, 2.05) is 0 Å². The standard InChI is InChI=1S/C11H16N3O4S/c12-9(15)5(10(16)17)2-1-3-7-8-6(4-19-7)13-11(18)14-8/h5-8,12H,1-4H2,(H,16,17)(H2,13,14,18)/t5?,6-,7-,8-/m0/s1. The SMILES string of the molecule is [NH]C(=O)C(CCC[C@@H]1SC[C@@H]2NC(=O)N[C@@H]21)C(=O)O. The fraction of sp³-hybridized carbons (Fsp3) is 0.727. The van der Waals surface area contributed by atoms with Crippen LogP contribution in [0.15, 0.2) is 0 Å². The Morgan fingerprint density at radius 2 is 2.21 bits per heavy atom. The van der Waals surface area contributed by atoms with E-state index in [-0.39, 0.29) is 29.8 Å². The van der Waals surface area contributed by atoms with Gasteiger partial charge in [0.1, 0.15) is 5.92 Å². The normalized spacial score (nSPS) is 30.3. The molecule has 2 heterocycles. The number of urea groups is 1. The molecule has 0 aliphatic carbocycles. The summed E-state index contributed by atoms with van der Waals surface area (Å²) in [6, 6.07) is 0.0908. The fourth-order valence-electron chi connectivity index (χ4n) is 2.53. The van der Waals surface area contributed by atoms with Gasteiger partial charge in [-0.2, -0.15) is 11.8 Å². The van der Waals surface area contributed by atoms with Gasteiger partial charge < -0.3 is 15.7 Å². The quantitative estimate of drug-likeness (QED) is 0.462. The molecule has 3 amide bonds. The number of amides is 3. The lowest BCUT2D eigenvalue weighted by molar-refractivity contribution is -0.146. The van der Waals surface area contributed by atoms with Crippen molar-refractivity contribution in [3.8, 4) is 0 Å². The van der Waals surface area contributed by atoms with E-state index < -0.39 is 17.8 Å². The molecule has 1 unspecified atom stereocenters. The summed E-state index contributed by atoms with van der Waals surface area (Å²) >= 11 is 1.75. The van der Waals surface area contributed by atoms with Crippen LogP contribution in [0.5, 0.6) is 0 Å². The molecule has 1 radical (unpaired) electrons. The maximum atomic E-state index is 11.2. The molecule has 4 atom stereocenters. The van der Waals surface area contributed by atoms with Gasteiger partial charge in [0.15, 0.2) is 0 Å². The highest BCUT2D eigenvalue weighted by Gasteiger charge is 2.42. The zero-order valence-electron chi connectivity index (χ0n) is 10.2. The number of carbonyl (C=O) groups is 3. The Bertz CT molecular complexity index is 389. The molecular weight excluding hydrogens is 270 g/mol. The molecule has 7 nitrogen and oxygen atoms in total. The number of thioether (sulfide) groups is 1. The average Bonchev–Trinajstić information content (AvgIpc) is 2.83. The van der Waals surface area contributed by atoms with E-state index in [1.54, 1.807) is 11.8 Å². The first-order valence-corrected chi connectivity index (χ1v) is 7.21. The topological polar surface area (TPSA) is 119 Å². The summed E-state index contributed by atoms with van der Waals surface area (Å²) in [5.74, 6) is -2.64. The zero-order valence-corrected chi connectivity index (χ0v) is 11.0. The minimum Gasteiger partial charge on any atom is -0.481 e. The van der Waals surface area contributed by atoms with E-state index in [1.165, 1.54) is 0 Å². The summed E-state index contributed by atoms with van der Waals surface area (Å²) < 4.78 is 0. The van der Waals surface area contributed by atoms with Gasteiger partial charge in [-0.05, 0) is 12.8 Å². The predicted octanol–water partition coefficient (Wildman–Crippen LogP) is -0.168. The Kier molecular flexibility index (Phi) is 4.18. The van der Waals surface area contributed by atoms with Crippen molar-refractivity contribution in [1.29, 1.82) is 0 Å². The number of aliphatic carboxylic acids is 1. The van der Waals surface area contributed by atoms with Gasteiger partial charge in [-0.3, -0.25) is 15.3 Å². The molecule has 0 saturated carbocycles. The second kappa shape index (κ2) is 5.68. The largest absolute Gasteiger partial charge is 0.481 e. The van der Waals surface area contributed by atoms with Gasteiger partial charge in [0, 0.05) is 11.0 Å². The van der Waals surface area contributed by atoms with Gasteiger partial charge in [0.05, 0.1) is 12.1 Å². The van der Waals surface area contributed by atoms with E-state index in [0.29, 0.717) is 6.42 Å². The molecule has 2 saturated heterocycles. The minimum absolute atomic E-state index is 0.0903. The first-order chi connectivity index (χ1) is 8.99. The highest BCUT2D eigenvalue weighted by Crippen LogP contribution is 2.33. The zero-order chi connectivity index (χ0) is 14.0. The third kappa shape index (κ3) is 3.12. The van der Waals surface area contributed by atoms with Crippen LogP contribution in [0.2, 0.25) is 0 Å². The molecule has 2 rings (SSSR count). The van der Waals surface area contributed by atoms with E-state index in [4.69, 9.17) is 10.8 Å². The Balaban J connectivity index is 1.78. The number of nitrogens with one attached hydrogen (secondary N) is 3. The Morgan fingerprint density at radius 3 is 2.84 bits per heavy atom. The van der Waals surface area contributed by atoms with Crippen molar-refractivity contribution in [3.05, 3.63) is 0 Å². The minimum atomic E-state index is -1.23. The molecule has 0 aromatic heterocycles. The summed E-state index contributed by atoms with van der Waals surface area (Å²) in [6.07, 6.45) is 1.50. The van der Waals surface area contributed by atoms with Crippen LogP contribution >= 0.6 is 11.8 Å². The molecule has 0 spiro atoms. The highest BCUT2D eigenvalue weighted by atomic mass is 32.2. The summed E-state index contributed by atoms with van der Waals surface area (Å²) in [5, 5.41) is 14.7. The van der Waals surface area contributed by atoms with Gasteiger partial charge in [-0.1, -0.05) is 6.42 Å². The van der Waals surface area contributed by atoms with Gasteiger partial charge in [-0.25, -0.2) is 4.79 Å². The molecule has 8 heteroatoms. The van der Waals surface area contributed by atoms with Crippen LogP contribution in [-0.4, -0.2) is 46.1 Å². The molecule has 105 valence electrons. The van der Waals surface area contributed by atoms with Crippen molar-refractivity contribution in [1.82, 2.24) is 16.4 Å². The lowest BCUT2D eigenvalue weighted by Crippen LogP contribution is -2.37. The predicted molar refractivity (Wildman–Crippen MR) is 68.6 cm³/mol. The van der Waals surface area contributed by atoms with Gasteiger partial charge in [-0.15, -0.1) is 0 Å². The number of carboxylic acid groups (broad SMARTS) is 1. The maximum Gasteiger partial charge on any atom is 0.316 e. The van der Waals surface area contributed by atoms with E-state index in [2.05, 4.69) is 10.6 Å². The Morgan fingerprint density at radius 1 is 1.47 bits per heavy atom. The van der Waals surface area contributed by atoms with Crippen LogP contribution in [-0.2, 0) is 9.59 Å². The van der Waals surface area contributed by atoms with E-state index in [0.717, 1.165) is 12.2 Å². The highest BCUT2D eigenvalue weighted by molar-refractivity contribution is 8.00. The van der Waals surface area contributed by atoms with Crippen molar-refractivity contribution in [2.24, 2.45) is 5.92 Å². The maximum absolute atomic E-state index is 11.2. The van der Waals surface area contributed by atoms with Crippen LogP contribution in [0.4, 0.5) is 4.79 Å². The van der Waals surface area contributed by atoms with Crippen LogP contribution in [0.25, 0.3) is 0 Å². The van der Waals surface area contributed by atoms with Crippen LogP contribution in [0.3, 0.4) is 0 Å². The van der Waals surface area contributed by atoms with E-state index in [9.17, 15) is 14.4 Å². The second-order valence-corrected chi connectivity index (χ2v) is 6.08. The van der Waals surface area contributed by atoms with E-state index >= 15 is 0 Å². The van der Waals surface area contributed by atoms with Crippen molar-refractivity contribution in [2.45, 2.75) is 36.6 Å². The Hall–Kier alpha value is -1.44. The third-order valence-electron chi connectivity index (χ3n) is 3.53. The van der Waals surface area contributed by atoms with Crippen LogP contribution in [0.1, 0.15) is 19.3 Å². The Labute approximate surface area is 114 Å². The van der Waals surface area contributed by atoms with Crippen LogP contribution < -0.4 is 16.4 Å². The molecule has 4 N–H and O–H groups in total. The molecule has 2 fully saturated rings. The van der Waals surface area contributed by atoms with Crippen molar-refractivity contribution in [3.63, 3.8) is 0 Å². The average molecular weight is 286 g/mol. The molecular formula is C11H16N3O4S. The van der Waals surface area contributed by atoms with Crippen molar-refractivity contribution >= 4 is 29.7 Å². The van der Waals surface area contributed by atoms with Crippen molar-refractivity contribution in [2.75, 3.05) is 5.75 Å². The molecule has 2 aliphatic heterocycles. The van der Waals surface area contributed by atoms with Gasteiger partial charge in [0.2, 0.25) is 0 Å². The third-order valence-corrected chi connectivity index (χ3v) is 5.04. The second-order valence-electron chi connectivity index (χ2n) is 4.81. The lowest BCUT2D eigenvalue weighted by Gasteiger charge is -2.17. The summed E-state index contributed by atoms with van der Waals surface area (Å²) in [6.45, 7) is 0. The molecule has 2 aliphatic rings. The fourth-order valence-corrected chi connectivity index (χ4v) is 4.08. The number of hydrogen-bond acceptors (Lipinski definition) is 4. The smallest absolute Gasteiger partial charge is 0.316 e. The van der Waals surface area contributed by atoms with Crippen molar-refractivity contribution < 1.29 is 19.5 Å². The number of rotatable bonds is 6. The molecule has 0 aromatic rings. The summed E-state index contributed by atoms with van der Waals surface area (Å²) in [7, 11) is 0. The molecule has 19 heavy (non-hydrogen) atoms. The number of fused-ring (bicyclic) bond motifs is 1. The summed E-state index contributed by atoms with van der Waals surface area (Å²) in [5.41, 5.74) is 6.91. The lowest BCUT2D eigenvalue weighted by atomic mass is 9.98.